The predicted molar refractivity (Wildman–Crippen MR) is 191 cm³/mol. The maximum Gasteiger partial charge on any atom is 0.252 e. The number of β-amino-alcohol motifs (C(OH)–C–C–N with tert-alkyl or cyclic N) is 1. The second-order valence-electron chi connectivity index (χ2n) is 15.3. The van der Waals surface area contributed by atoms with Crippen molar-refractivity contribution in [3.8, 4) is 0 Å². The number of benzene rings is 1. The van der Waals surface area contributed by atoms with E-state index in [1.54, 1.807) is 0 Å². The molecule has 1 aliphatic heterocycles. The number of pyridine rings is 1. The maximum atomic E-state index is 14.2. The van der Waals surface area contributed by atoms with Gasteiger partial charge in [-0.05, 0) is 83.4 Å². The molecule has 1 saturated carbocycles. The number of amides is 3. The normalized spacial score (nSPS) is 22.2. The lowest BCUT2D eigenvalue weighted by Crippen LogP contribution is -2.64. The van der Waals surface area contributed by atoms with Crippen molar-refractivity contribution >= 4 is 39.2 Å². The molecule has 13 heteroatoms. The van der Waals surface area contributed by atoms with Crippen molar-refractivity contribution in [3.05, 3.63) is 64.9 Å². The number of nitrogens with zero attached hydrogens (tertiary/aromatic N) is 2. The number of aliphatic hydroxyl groups is 1. The van der Waals surface area contributed by atoms with Gasteiger partial charge in [0.1, 0.15) is 11.2 Å². The van der Waals surface area contributed by atoms with Gasteiger partial charge in [-0.1, -0.05) is 61.2 Å². The van der Waals surface area contributed by atoms with Gasteiger partial charge >= 0.3 is 0 Å². The molecular formula is C36H52ClN5O6S. The van der Waals surface area contributed by atoms with Crippen LogP contribution in [0.5, 0.6) is 0 Å². The van der Waals surface area contributed by atoms with Crippen LogP contribution in [0.25, 0.3) is 0 Å². The SMILES string of the molecule is CC(C)(C)NC(=O)C1CC2CCCCC2CN1CC(O)C(Cc1ccccc1)NC(=O)C(NC(=O)c1ccnc(Cl)c1)C(C)(C)S(C)(=O)=O. The van der Waals surface area contributed by atoms with Gasteiger partial charge in [-0.25, -0.2) is 13.4 Å². The van der Waals surface area contributed by atoms with Gasteiger partial charge in [-0.2, -0.15) is 0 Å². The number of carbonyl (C=O) groups is 3. The highest BCUT2D eigenvalue weighted by Gasteiger charge is 2.46. The van der Waals surface area contributed by atoms with Crippen LogP contribution in [0.4, 0.5) is 0 Å². The van der Waals surface area contributed by atoms with E-state index in [0.29, 0.717) is 24.8 Å². The second-order valence-corrected chi connectivity index (χ2v) is 18.3. The Labute approximate surface area is 295 Å². The third kappa shape index (κ3) is 10.2. The Balaban J connectivity index is 1.63. The molecular weight excluding hydrogens is 666 g/mol. The highest BCUT2D eigenvalue weighted by atomic mass is 35.5. The first-order valence-electron chi connectivity index (χ1n) is 17.1. The molecule has 2 aliphatic rings. The van der Waals surface area contributed by atoms with Gasteiger partial charge < -0.3 is 21.1 Å². The van der Waals surface area contributed by atoms with Crippen molar-refractivity contribution in [1.29, 1.82) is 0 Å². The van der Waals surface area contributed by atoms with Crippen LogP contribution in [0, 0.1) is 11.8 Å². The molecule has 1 aliphatic carbocycles. The van der Waals surface area contributed by atoms with Gasteiger partial charge in [0, 0.05) is 36.6 Å². The van der Waals surface area contributed by atoms with Crippen LogP contribution < -0.4 is 16.0 Å². The van der Waals surface area contributed by atoms with Crippen LogP contribution in [0.15, 0.2) is 48.7 Å². The summed E-state index contributed by atoms with van der Waals surface area (Å²) in [5.41, 5.74) is 0.519. The summed E-state index contributed by atoms with van der Waals surface area (Å²) in [5, 5.41) is 20.6. The van der Waals surface area contributed by atoms with Gasteiger partial charge in [0.25, 0.3) is 5.91 Å². The molecule has 0 spiro atoms. The van der Waals surface area contributed by atoms with E-state index in [1.165, 1.54) is 32.2 Å². The minimum atomic E-state index is -3.89. The van der Waals surface area contributed by atoms with Crippen LogP contribution in [-0.2, 0) is 25.8 Å². The van der Waals surface area contributed by atoms with Crippen LogP contribution in [0.3, 0.4) is 0 Å². The molecule has 1 saturated heterocycles. The molecule has 4 N–H and O–H groups in total. The fourth-order valence-corrected chi connectivity index (χ4v) is 7.71. The summed E-state index contributed by atoms with van der Waals surface area (Å²) in [5.74, 6) is -0.697. The molecule has 3 amide bonds. The van der Waals surface area contributed by atoms with Crippen molar-refractivity contribution in [1.82, 2.24) is 25.8 Å². The summed E-state index contributed by atoms with van der Waals surface area (Å²) in [7, 11) is -3.89. The minimum absolute atomic E-state index is 0.0637. The molecule has 4 rings (SSSR count). The van der Waals surface area contributed by atoms with Crippen LogP contribution in [-0.4, -0.2) is 95.0 Å². The summed E-state index contributed by atoms with van der Waals surface area (Å²) >= 11 is 5.99. The van der Waals surface area contributed by atoms with Gasteiger partial charge in [0.15, 0.2) is 9.84 Å². The molecule has 270 valence electrons. The van der Waals surface area contributed by atoms with Crippen LogP contribution >= 0.6 is 11.6 Å². The molecule has 6 atom stereocenters. The number of hydrogen-bond donors (Lipinski definition) is 4. The zero-order chi connectivity index (χ0) is 36.1. The van der Waals surface area contributed by atoms with Crippen LogP contribution in [0.1, 0.15) is 82.6 Å². The molecule has 0 bridgehead atoms. The van der Waals surface area contributed by atoms with Crippen molar-refractivity contribution in [3.63, 3.8) is 0 Å². The number of carbonyl (C=O) groups excluding carboxylic acids is 3. The number of nitrogens with one attached hydrogen (secondary N) is 3. The fraction of sp³-hybridized carbons (Fsp3) is 0.611. The summed E-state index contributed by atoms with van der Waals surface area (Å²) in [6.45, 7) is 9.35. The van der Waals surface area contributed by atoms with E-state index in [1.807, 2.05) is 51.1 Å². The van der Waals surface area contributed by atoms with Crippen molar-refractivity contribution in [2.75, 3.05) is 19.3 Å². The lowest BCUT2D eigenvalue weighted by atomic mass is 9.72. The van der Waals surface area contributed by atoms with Crippen molar-refractivity contribution in [2.45, 2.75) is 108 Å². The number of rotatable bonds is 12. The van der Waals surface area contributed by atoms with Crippen LogP contribution in [0.2, 0.25) is 5.15 Å². The fourth-order valence-electron chi connectivity index (χ4n) is 6.94. The second kappa shape index (κ2) is 15.9. The highest BCUT2D eigenvalue weighted by Crippen LogP contribution is 2.39. The number of aliphatic hydroxyl groups excluding tert-OH is 1. The largest absolute Gasteiger partial charge is 0.390 e. The molecule has 2 aromatic rings. The molecule has 2 heterocycles. The maximum absolute atomic E-state index is 14.2. The molecule has 11 nitrogen and oxygen atoms in total. The van der Waals surface area contributed by atoms with E-state index in [2.05, 4.69) is 25.8 Å². The molecule has 1 aromatic heterocycles. The smallest absolute Gasteiger partial charge is 0.252 e. The molecule has 0 radical (unpaired) electrons. The van der Waals surface area contributed by atoms with E-state index >= 15 is 0 Å². The topological polar surface area (TPSA) is 158 Å². The number of likely N-dealkylation sites (tertiary alicyclic amines) is 1. The van der Waals surface area contributed by atoms with E-state index in [-0.39, 0.29) is 29.6 Å². The molecule has 49 heavy (non-hydrogen) atoms. The summed E-state index contributed by atoms with van der Waals surface area (Å²) in [4.78, 5) is 47.0. The third-order valence-corrected chi connectivity index (χ3v) is 12.3. The Hall–Kier alpha value is -3.06. The quantitative estimate of drug-likeness (QED) is 0.243. The monoisotopic (exact) mass is 717 g/mol. The standard InChI is InChI=1S/C36H52ClN5O6S/c1-35(2,3)41-33(45)28-19-24-14-10-11-15-26(24)21-42(28)22-29(43)27(18-23-12-8-7-9-13-23)39-34(46)31(36(4,5)49(6,47)48)40-32(44)25-16-17-38-30(37)20-25/h7-9,12-13,16-17,20,24,26-29,31,43H,10-11,14-15,18-19,21-22H2,1-6H3,(H,39,46)(H,40,44)(H,41,45). The zero-order valence-corrected chi connectivity index (χ0v) is 31.0. The van der Waals surface area contributed by atoms with E-state index in [4.69, 9.17) is 11.6 Å². The number of piperidine rings is 1. The molecule has 1 aromatic carbocycles. The first kappa shape index (κ1) is 38.7. The summed E-state index contributed by atoms with van der Waals surface area (Å²) < 4.78 is 24.3. The van der Waals surface area contributed by atoms with Gasteiger partial charge in [0.2, 0.25) is 11.8 Å². The first-order valence-corrected chi connectivity index (χ1v) is 19.3. The average molecular weight is 718 g/mol. The lowest BCUT2D eigenvalue weighted by Gasteiger charge is -2.47. The Morgan fingerprint density at radius 3 is 2.29 bits per heavy atom. The molecule has 6 unspecified atom stereocenters. The number of sulfone groups is 1. The summed E-state index contributed by atoms with van der Waals surface area (Å²) in [6.07, 6.45) is 6.59. The Bertz CT molecular complexity index is 1580. The van der Waals surface area contributed by atoms with Crippen molar-refractivity contribution in [2.24, 2.45) is 11.8 Å². The predicted octanol–water partition coefficient (Wildman–Crippen LogP) is 3.54. The van der Waals surface area contributed by atoms with E-state index < -0.39 is 56.2 Å². The Kier molecular flexibility index (Phi) is 12.5. The third-order valence-electron chi connectivity index (χ3n) is 9.99. The van der Waals surface area contributed by atoms with E-state index in [0.717, 1.165) is 37.5 Å². The first-order chi connectivity index (χ1) is 22.9. The minimum Gasteiger partial charge on any atom is -0.390 e. The highest BCUT2D eigenvalue weighted by molar-refractivity contribution is 7.92. The Morgan fingerprint density at radius 2 is 1.67 bits per heavy atom. The number of halogens is 1. The average Bonchev–Trinajstić information content (AvgIpc) is 3.01. The number of fused-ring (bicyclic) bond motifs is 1. The van der Waals surface area contributed by atoms with Crippen molar-refractivity contribution < 1.29 is 27.9 Å². The zero-order valence-electron chi connectivity index (χ0n) is 29.4. The summed E-state index contributed by atoms with van der Waals surface area (Å²) in [6, 6.07) is 9.23. The van der Waals surface area contributed by atoms with Gasteiger partial charge in [-0.15, -0.1) is 0 Å². The number of aromatic nitrogens is 1. The molecule has 2 fully saturated rings. The number of hydrogen-bond acceptors (Lipinski definition) is 8. The van der Waals surface area contributed by atoms with E-state index in [9.17, 15) is 27.9 Å². The Morgan fingerprint density at radius 1 is 1.02 bits per heavy atom. The van der Waals surface area contributed by atoms with Gasteiger partial charge in [-0.3, -0.25) is 19.3 Å². The lowest BCUT2D eigenvalue weighted by molar-refractivity contribution is -0.133. The van der Waals surface area contributed by atoms with Gasteiger partial charge in [0.05, 0.1) is 22.9 Å².